The largest absolute Gasteiger partial charge is 0.462 e. The molecule has 348 valence electrons. The van der Waals surface area contributed by atoms with E-state index in [0.717, 1.165) is 70.6 Å². The second kappa shape index (κ2) is 47.4. The van der Waals surface area contributed by atoms with Gasteiger partial charge in [0.25, 0.3) is 0 Å². The van der Waals surface area contributed by atoms with Crippen LogP contribution in [0.3, 0.4) is 0 Å². The molecule has 6 heteroatoms. The van der Waals surface area contributed by atoms with Gasteiger partial charge in [-0.15, -0.1) is 0 Å². The van der Waals surface area contributed by atoms with Crippen LogP contribution in [0.5, 0.6) is 0 Å². The summed E-state index contributed by atoms with van der Waals surface area (Å²) in [6.45, 7) is 6.46. The zero-order chi connectivity index (χ0) is 43.1. The molecule has 3 unspecified atom stereocenters. The van der Waals surface area contributed by atoms with Gasteiger partial charge in [0.1, 0.15) is 6.10 Å². The van der Waals surface area contributed by atoms with Gasteiger partial charge in [0.2, 0.25) is 5.91 Å². The molecule has 0 bridgehead atoms. The van der Waals surface area contributed by atoms with Crippen molar-refractivity contribution in [1.29, 1.82) is 0 Å². The Kier molecular flexibility index (Phi) is 46.1. The summed E-state index contributed by atoms with van der Waals surface area (Å²) in [5.41, 5.74) is 0. The predicted octanol–water partition coefficient (Wildman–Crippen LogP) is 15.5. The first kappa shape index (κ1) is 57.3. The van der Waals surface area contributed by atoms with Gasteiger partial charge >= 0.3 is 5.97 Å². The second-order valence-corrected chi connectivity index (χ2v) is 17.9. The number of carbonyl (C=O) groups excluding carboxylic acids is 2. The number of esters is 1. The molecule has 6 nitrogen and oxygen atoms in total. The highest BCUT2D eigenvalue weighted by Crippen LogP contribution is 2.18. The van der Waals surface area contributed by atoms with E-state index in [2.05, 4.69) is 50.4 Å². The van der Waals surface area contributed by atoms with Gasteiger partial charge in [0, 0.05) is 6.42 Å². The van der Waals surface area contributed by atoms with Gasteiger partial charge in [-0.3, -0.25) is 9.59 Å². The molecule has 0 aliphatic rings. The van der Waals surface area contributed by atoms with Crippen LogP contribution in [-0.4, -0.2) is 46.9 Å². The lowest BCUT2D eigenvalue weighted by atomic mass is 10.0. The van der Waals surface area contributed by atoms with Crippen LogP contribution in [0.4, 0.5) is 0 Å². The molecule has 0 radical (unpaired) electrons. The first-order chi connectivity index (χ1) is 29.0. The van der Waals surface area contributed by atoms with Crippen LogP contribution in [-0.2, 0) is 14.3 Å². The Morgan fingerprint density at radius 3 is 1.32 bits per heavy atom. The van der Waals surface area contributed by atoms with E-state index in [1.165, 1.54) is 161 Å². The fourth-order valence-electron chi connectivity index (χ4n) is 8.05. The van der Waals surface area contributed by atoms with Gasteiger partial charge in [-0.05, 0) is 57.8 Å². The fourth-order valence-corrected chi connectivity index (χ4v) is 8.05. The molecular weight excluding hydrogens is 731 g/mol. The first-order valence-corrected chi connectivity index (χ1v) is 26.1. The highest BCUT2D eigenvalue weighted by Gasteiger charge is 2.24. The molecule has 1 amide bonds. The van der Waals surface area contributed by atoms with Crippen LogP contribution in [0.15, 0.2) is 24.3 Å². The van der Waals surface area contributed by atoms with Crippen molar-refractivity contribution in [3.63, 3.8) is 0 Å². The minimum absolute atomic E-state index is 0.0733. The molecule has 0 fully saturated rings. The molecule has 0 aliphatic heterocycles. The summed E-state index contributed by atoms with van der Waals surface area (Å²) in [5.74, 6) is -0.474. The van der Waals surface area contributed by atoms with Crippen molar-refractivity contribution < 1.29 is 24.5 Å². The molecule has 0 aromatic rings. The number of aliphatic hydroxyl groups is 2. The van der Waals surface area contributed by atoms with Crippen LogP contribution in [0.25, 0.3) is 0 Å². The highest BCUT2D eigenvalue weighted by molar-refractivity contribution is 5.77. The molecule has 0 heterocycles. The van der Waals surface area contributed by atoms with E-state index >= 15 is 0 Å². The Morgan fingerprint density at radius 2 is 0.864 bits per heavy atom. The lowest BCUT2D eigenvalue weighted by Gasteiger charge is -2.24. The van der Waals surface area contributed by atoms with Crippen molar-refractivity contribution in [1.82, 2.24) is 5.32 Å². The van der Waals surface area contributed by atoms with E-state index in [1.54, 1.807) is 0 Å². The van der Waals surface area contributed by atoms with E-state index in [0.29, 0.717) is 19.3 Å². The van der Waals surface area contributed by atoms with Crippen LogP contribution in [0, 0.1) is 0 Å². The van der Waals surface area contributed by atoms with Crippen molar-refractivity contribution in [3.05, 3.63) is 24.3 Å². The number of hydrogen-bond donors (Lipinski definition) is 3. The van der Waals surface area contributed by atoms with Gasteiger partial charge in [-0.2, -0.15) is 0 Å². The average molecular weight is 832 g/mol. The average Bonchev–Trinajstić information content (AvgIpc) is 3.23. The molecule has 0 spiro atoms. The van der Waals surface area contributed by atoms with Crippen LogP contribution >= 0.6 is 0 Å². The summed E-state index contributed by atoms with van der Waals surface area (Å²) in [4.78, 5) is 26.1. The lowest BCUT2D eigenvalue weighted by Crippen LogP contribution is -2.46. The number of nitrogens with one attached hydrogen (secondary N) is 1. The minimum Gasteiger partial charge on any atom is -0.462 e. The third-order valence-corrected chi connectivity index (χ3v) is 12.0. The van der Waals surface area contributed by atoms with Crippen LogP contribution in [0.1, 0.15) is 278 Å². The number of amides is 1. The zero-order valence-corrected chi connectivity index (χ0v) is 39.7. The van der Waals surface area contributed by atoms with E-state index in [1.807, 2.05) is 0 Å². The molecule has 0 aromatic carbocycles. The second-order valence-electron chi connectivity index (χ2n) is 17.9. The maximum absolute atomic E-state index is 13.2. The molecule has 0 rings (SSSR count). The molecule has 0 saturated heterocycles. The van der Waals surface area contributed by atoms with E-state index < -0.39 is 18.2 Å². The molecule has 0 aliphatic carbocycles. The Morgan fingerprint density at radius 1 is 0.492 bits per heavy atom. The predicted molar refractivity (Wildman–Crippen MR) is 255 cm³/mol. The Bertz CT molecular complexity index is 935. The first-order valence-electron chi connectivity index (χ1n) is 26.1. The number of aliphatic hydroxyl groups excluding tert-OH is 2. The van der Waals surface area contributed by atoms with Crippen molar-refractivity contribution in [3.8, 4) is 0 Å². The normalized spacial score (nSPS) is 13.4. The Labute approximate surface area is 367 Å². The summed E-state index contributed by atoms with van der Waals surface area (Å²) in [5, 5.41) is 23.7. The number of unbranched alkanes of at least 4 members (excludes halogenated alkanes) is 31. The summed E-state index contributed by atoms with van der Waals surface area (Å²) in [7, 11) is 0. The van der Waals surface area contributed by atoms with Gasteiger partial charge in [-0.25, -0.2) is 0 Å². The molecular formula is C53H101NO5. The fraction of sp³-hybridized carbons (Fsp3) is 0.887. The maximum Gasteiger partial charge on any atom is 0.306 e. The van der Waals surface area contributed by atoms with Crippen LogP contribution in [0.2, 0.25) is 0 Å². The van der Waals surface area contributed by atoms with E-state index in [-0.39, 0.29) is 24.9 Å². The summed E-state index contributed by atoms with van der Waals surface area (Å²) >= 11 is 0. The quantitative estimate of drug-likeness (QED) is 0.0322. The zero-order valence-electron chi connectivity index (χ0n) is 39.7. The Balaban J connectivity index is 4.57. The highest BCUT2D eigenvalue weighted by atomic mass is 16.5. The van der Waals surface area contributed by atoms with Gasteiger partial charge in [0.05, 0.1) is 25.2 Å². The summed E-state index contributed by atoms with van der Waals surface area (Å²) in [6, 6.07) is -0.700. The maximum atomic E-state index is 13.2. The van der Waals surface area contributed by atoms with E-state index in [4.69, 9.17) is 4.74 Å². The topological polar surface area (TPSA) is 95.9 Å². The number of allylic oxidation sites excluding steroid dienone is 4. The summed E-state index contributed by atoms with van der Waals surface area (Å²) < 4.78 is 5.93. The SMILES string of the molecule is CCCCC/C=C\C/C=C\CCCCCCCC(CC(=O)NC(CO)C(O)CCCCCCCCCCCC)OC(=O)CCCCCCCCCCCCCCCCC. The number of carbonyl (C=O) groups is 2. The standard InChI is InChI=1S/C53H101NO5/c1-4-7-10-13-16-19-22-24-26-28-30-32-35-38-41-44-49(59-53(58)46-43-40-37-34-31-29-27-25-23-20-17-14-11-8-5-2)47-52(57)54-50(48-55)51(56)45-42-39-36-33-21-18-15-12-9-6-3/h16,19,24,26,49-51,55-56H,4-15,17-18,20-23,25,27-48H2,1-3H3,(H,54,57)/b19-16-,26-24-. The molecule has 3 atom stereocenters. The van der Waals surface area contributed by atoms with Gasteiger partial charge in [0.15, 0.2) is 0 Å². The summed E-state index contributed by atoms with van der Waals surface area (Å²) in [6.07, 6.45) is 53.8. The van der Waals surface area contributed by atoms with Gasteiger partial charge in [-0.1, -0.05) is 231 Å². The molecule has 0 saturated carbocycles. The van der Waals surface area contributed by atoms with Crippen molar-refractivity contribution >= 4 is 11.9 Å². The third kappa shape index (κ3) is 42.8. The van der Waals surface area contributed by atoms with Crippen molar-refractivity contribution in [2.75, 3.05) is 6.61 Å². The van der Waals surface area contributed by atoms with Crippen molar-refractivity contribution in [2.24, 2.45) is 0 Å². The van der Waals surface area contributed by atoms with Crippen molar-refractivity contribution in [2.45, 2.75) is 296 Å². The number of hydrogen-bond acceptors (Lipinski definition) is 5. The van der Waals surface area contributed by atoms with Crippen LogP contribution < -0.4 is 5.32 Å². The molecule has 3 N–H and O–H groups in total. The monoisotopic (exact) mass is 832 g/mol. The number of ether oxygens (including phenoxy) is 1. The van der Waals surface area contributed by atoms with E-state index in [9.17, 15) is 19.8 Å². The Hall–Kier alpha value is -1.66. The minimum atomic E-state index is -0.786. The molecule has 0 aromatic heterocycles. The molecule has 59 heavy (non-hydrogen) atoms. The lowest BCUT2D eigenvalue weighted by molar-refractivity contribution is -0.151. The third-order valence-electron chi connectivity index (χ3n) is 12.0. The van der Waals surface area contributed by atoms with Gasteiger partial charge < -0.3 is 20.3 Å². The number of rotatable bonds is 47. The smallest absolute Gasteiger partial charge is 0.306 e.